The first-order chi connectivity index (χ1) is 9.80. The third-order valence-electron chi connectivity index (χ3n) is 3.46. The monoisotopic (exact) mass is 270 g/mol. The Morgan fingerprint density at radius 2 is 1.75 bits per heavy atom. The Labute approximate surface area is 120 Å². The molecule has 0 radical (unpaired) electrons. The summed E-state index contributed by atoms with van der Waals surface area (Å²) in [5.74, 6) is 1.82. The summed E-state index contributed by atoms with van der Waals surface area (Å²) < 4.78 is 0. The molecule has 0 saturated carbocycles. The van der Waals surface area contributed by atoms with E-state index < -0.39 is 0 Å². The summed E-state index contributed by atoms with van der Waals surface area (Å²) in [6.07, 6.45) is 3.50. The largest absolute Gasteiger partial charge is 0.373 e. The molecule has 1 aromatic carbocycles. The van der Waals surface area contributed by atoms with E-state index in [4.69, 9.17) is 0 Å². The molecule has 0 aliphatic carbocycles. The second-order valence-electron chi connectivity index (χ2n) is 4.67. The minimum absolute atomic E-state index is 0.265. The number of aromatic nitrogens is 2. The first kappa shape index (κ1) is 14.3. The summed E-state index contributed by atoms with van der Waals surface area (Å²) in [6.45, 7) is 4.30. The predicted molar refractivity (Wildman–Crippen MR) is 84.1 cm³/mol. The van der Waals surface area contributed by atoms with E-state index in [1.165, 1.54) is 5.56 Å². The Morgan fingerprint density at radius 3 is 2.35 bits per heavy atom. The average molecular weight is 270 g/mol. The molecule has 1 atom stereocenters. The van der Waals surface area contributed by atoms with Gasteiger partial charge in [-0.15, -0.1) is 0 Å². The van der Waals surface area contributed by atoms with Gasteiger partial charge in [-0.05, 0) is 18.4 Å². The van der Waals surface area contributed by atoms with Gasteiger partial charge in [0.05, 0.1) is 6.04 Å². The van der Waals surface area contributed by atoms with E-state index >= 15 is 0 Å². The molecule has 1 aromatic heterocycles. The maximum Gasteiger partial charge on any atom is 0.135 e. The van der Waals surface area contributed by atoms with Crippen molar-refractivity contribution in [3.8, 4) is 0 Å². The van der Waals surface area contributed by atoms with Gasteiger partial charge in [0.25, 0.3) is 0 Å². The Kier molecular flexibility index (Phi) is 4.93. The maximum absolute atomic E-state index is 4.41. The molecule has 0 aliphatic heterocycles. The van der Waals surface area contributed by atoms with Crippen LogP contribution in [-0.4, -0.2) is 17.0 Å². The van der Waals surface area contributed by atoms with Crippen LogP contribution in [-0.2, 0) is 6.42 Å². The van der Waals surface area contributed by atoms with Crippen molar-refractivity contribution in [3.05, 3.63) is 47.8 Å². The number of nitrogens with one attached hydrogen (secondary N) is 2. The van der Waals surface area contributed by atoms with E-state index in [0.29, 0.717) is 0 Å². The van der Waals surface area contributed by atoms with Gasteiger partial charge in [0.1, 0.15) is 18.0 Å². The normalized spacial score (nSPS) is 11.9. The topological polar surface area (TPSA) is 49.8 Å². The zero-order valence-electron chi connectivity index (χ0n) is 12.4. The highest BCUT2D eigenvalue weighted by molar-refractivity contribution is 5.57. The van der Waals surface area contributed by atoms with Crippen molar-refractivity contribution in [2.24, 2.45) is 0 Å². The third kappa shape index (κ3) is 3.07. The van der Waals surface area contributed by atoms with E-state index in [2.05, 4.69) is 58.7 Å². The van der Waals surface area contributed by atoms with Crippen LogP contribution >= 0.6 is 0 Å². The quantitative estimate of drug-likeness (QED) is 0.841. The summed E-state index contributed by atoms with van der Waals surface area (Å²) >= 11 is 0. The summed E-state index contributed by atoms with van der Waals surface area (Å²) in [6, 6.07) is 10.7. The molecular formula is C16H22N4. The van der Waals surface area contributed by atoms with Crippen LogP contribution in [0.4, 0.5) is 11.6 Å². The standard InChI is InChI=1S/C16H22N4/c1-4-13-15(17-3)18-11-19-16(13)20-14(5-2)12-9-7-6-8-10-12/h6-11,14H,4-5H2,1-3H3,(H2,17,18,19,20). The molecule has 4 nitrogen and oxygen atoms in total. The first-order valence-electron chi connectivity index (χ1n) is 7.13. The molecule has 0 spiro atoms. The Morgan fingerprint density at radius 1 is 1.05 bits per heavy atom. The van der Waals surface area contributed by atoms with Gasteiger partial charge in [-0.1, -0.05) is 44.2 Å². The highest BCUT2D eigenvalue weighted by atomic mass is 15.1. The zero-order valence-corrected chi connectivity index (χ0v) is 12.4. The van der Waals surface area contributed by atoms with Crippen LogP contribution in [0.3, 0.4) is 0 Å². The van der Waals surface area contributed by atoms with Crippen LogP contribution in [0, 0.1) is 0 Å². The molecule has 2 aromatic rings. The maximum atomic E-state index is 4.41. The number of rotatable bonds is 6. The van der Waals surface area contributed by atoms with E-state index in [1.54, 1.807) is 6.33 Å². The van der Waals surface area contributed by atoms with Crippen LogP contribution in [0.2, 0.25) is 0 Å². The summed E-state index contributed by atoms with van der Waals surface area (Å²) in [4.78, 5) is 8.68. The van der Waals surface area contributed by atoms with Crippen molar-refractivity contribution < 1.29 is 0 Å². The van der Waals surface area contributed by atoms with Gasteiger partial charge >= 0.3 is 0 Å². The SMILES string of the molecule is CCc1c(NC)ncnc1NC(CC)c1ccccc1. The third-order valence-corrected chi connectivity index (χ3v) is 3.46. The minimum atomic E-state index is 0.265. The molecule has 1 unspecified atom stereocenters. The fourth-order valence-electron chi connectivity index (χ4n) is 2.36. The van der Waals surface area contributed by atoms with Crippen molar-refractivity contribution >= 4 is 11.6 Å². The zero-order chi connectivity index (χ0) is 14.4. The fourth-order valence-corrected chi connectivity index (χ4v) is 2.36. The van der Waals surface area contributed by atoms with E-state index in [9.17, 15) is 0 Å². The lowest BCUT2D eigenvalue weighted by atomic mass is 10.0. The Hall–Kier alpha value is -2.10. The van der Waals surface area contributed by atoms with Gasteiger partial charge in [-0.25, -0.2) is 9.97 Å². The molecule has 0 aliphatic rings. The van der Waals surface area contributed by atoms with Crippen LogP contribution < -0.4 is 10.6 Å². The number of hydrogen-bond donors (Lipinski definition) is 2. The number of nitrogens with zero attached hydrogens (tertiary/aromatic N) is 2. The lowest BCUT2D eigenvalue weighted by Crippen LogP contribution is -2.13. The fraction of sp³-hybridized carbons (Fsp3) is 0.375. The van der Waals surface area contributed by atoms with Gasteiger partial charge in [-0.3, -0.25) is 0 Å². The molecule has 2 rings (SSSR count). The molecule has 20 heavy (non-hydrogen) atoms. The Bertz CT molecular complexity index is 539. The number of hydrogen-bond acceptors (Lipinski definition) is 4. The molecule has 0 saturated heterocycles. The second kappa shape index (κ2) is 6.89. The van der Waals surface area contributed by atoms with Crippen LogP contribution in [0.25, 0.3) is 0 Å². The van der Waals surface area contributed by atoms with Gasteiger partial charge < -0.3 is 10.6 Å². The molecule has 4 heteroatoms. The molecular weight excluding hydrogens is 248 g/mol. The first-order valence-corrected chi connectivity index (χ1v) is 7.13. The van der Waals surface area contributed by atoms with Crippen molar-refractivity contribution in [3.63, 3.8) is 0 Å². The molecule has 0 amide bonds. The summed E-state index contributed by atoms with van der Waals surface area (Å²) in [5, 5.41) is 6.67. The van der Waals surface area contributed by atoms with Gasteiger partial charge in [-0.2, -0.15) is 0 Å². The van der Waals surface area contributed by atoms with Crippen LogP contribution in [0.15, 0.2) is 36.7 Å². The minimum Gasteiger partial charge on any atom is -0.373 e. The van der Waals surface area contributed by atoms with Crippen LogP contribution in [0.5, 0.6) is 0 Å². The molecule has 0 fully saturated rings. The van der Waals surface area contributed by atoms with Crippen molar-refractivity contribution in [1.29, 1.82) is 0 Å². The van der Waals surface area contributed by atoms with Crippen molar-refractivity contribution in [2.75, 3.05) is 17.7 Å². The van der Waals surface area contributed by atoms with Crippen LogP contribution in [0.1, 0.15) is 37.4 Å². The van der Waals surface area contributed by atoms with Gasteiger partial charge in [0.2, 0.25) is 0 Å². The second-order valence-corrected chi connectivity index (χ2v) is 4.67. The molecule has 106 valence electrons. The van der Waals surface area contributed by atoms with Crippen molar-refractivity contribution in [2.45, 2.75) is 32.7 Å². The van der Waals surface area contributed by atoms with Gasteiger partial charge in [0, 0.05) is 12.6 Å². The average Bonchev–Trinajstić information content (AvgIpc) is 2.52. The number of anilines is 2. The highest BCUT2D eigenvalue weighted by Crippen LogP contribution is 2.26. The molecule has 2 N–H and O–H groups in total. The number of benzene rings is 1. The van der Waals surface area contributed by atoms with E-state index in [1.807, 2.05) is 13.1 Å². The van der Waals surface area contributed by atoms with Crippen molar-refractivity contribution in [1.82, 2.24) is 9.97 Å². The molecule has 1 heterocycles. The summed E-state index contributed by atoms with van der Waals surface area (Å²) in [5.41, 5.74) is 2.41. The predicted octanol–water partition coefficient (Wildman–Crippen LogP) is 3.64. The smallest absolute Gasteiger partial charge is 0.135 e. The van der Waals surface area contributed by atoms with E-state index in [0.717, 1.165) is 30.0 Å². The lowest BCUT2D eigenvalue weighted by molar-refractivity contribution is 0.741. The van der Waals surface area contributed by atoms with Gasteiger partial charge in [0.15, 0.2) is 0 Å². The lowest BCUT2D eigenvalue weighted by Gasteiger charge is -2.20. The highest BCUT2D eigenvalue weighted by Gasteiger charge is 2.14. The van der Waals surface area contributed by atoms with E-state index in [-0.39, 0.29) is 6.04 Å². The summed E-state index contributed by atoms with van der Waals surface area (Å²) in [7, 11) is 1.89. The molecule has 0 bridgehead atoms. The Balaban J connectivity index is 2.28.